The molecule has 1 aromatic rings. The molecule has 5 heteroatoms. The molecule has 4 nitrogen and oxygen atoms in total. The van der Waals surface area contributed by atoms with Crippen LogP contribution in [0.5, 0.6) is 0 Å². The van der Waals surface area contributed by atoms with Crippen molar-refractivity contribution in [3.8, 4) is 0 Å². The molecule has 0 saturated heterocycles. The highest BCUT2D eigenvalue weighted by Gasteiger charge is 2.35. The number of benzene rings is 1. The van der Waals surface area contributed by atoms with Gasteiger partial charge in [0.2, 0.25) is 0 Å². The number of nitrogens with zero attached hydrogens (tertiary/aromatic N) is 1. The van der Waals surface area contributed by atoms with Gasteiger partial charge in [-0.1, -0.05) is 30.3 Å². The standard InChI is InChI=1S/C17H20N4S/c22-17-20-14(11-5-2-1-3-6-11)12-7-4-8-13(15(12)21-17)16-18-9-10-19-16/h1-3,5-6,13-14H,4,7-10H2,(H,18,19)(H2,20,21,22)/t13-,14+/m1/s1. The van der Waals surface area contributed by atoms with Crippen molar-refractivity contribution in [1.82, 2.24) is 16.0 Å². The molecule has 0 bridgehead atoms. The van der Waals surface area contributed by atoms with Crippen molar-refractivity contribution in [3.05, 3.63) is 47.2 Å². The molecule has 2 aliphatic heterocycles. The second kappa shape index (κ2) is 5.72. The highest BCUT2D eigenvalue weighted by atomic mass is 32.1. The van der Waals surface area contributed by atoms with Crippen molar-refractivity contribution in [2.45, 2.75) is 25.3 Å². The minimum Gasteiger partial charge on any atom is -0.371 e. The van der Waals surface area contributed by atoms with E-state index in [9.17, 15) is 0 Å². The lowest BCUT2D eigenvalue weighted by molar-refractivity contribution is 0.513. The maximum absolute atomic E-state index is 5.46. The summed E-state index contributed by atoms with van der Waals surface area (Å²) in [6.45, 7) is 1.85. The maximum Gasteiger partial charge on any atom is 0.171 e. The Bertz CT molecular complexity index is 650. The number of amidine groups is 1. The monoisotopic (exact) mass is 312 g/mol. The van der Waals surface area contributed by atoms with E-state index in [2.05, 4.69) is 51.3 Å². The number of rotatable bonds is 2. The lowest BCUT2D eigenvalue weighted by Gasteiger charge is -2.38. The van der Waals surface area contributed by atoms with Crippen LogP contribution in [0.1, 0.15) is 30.9 Å². The van der Waals surface area contributed by atoms with Crippen LogP contribution >= 0.6 is 12.2 Å². The van der Waals surface area contributed by atoms with Crippen LogP contribution < -0.4 is 16.0 Å². The van der Waals surface area contributed by atoms with Gasteiger partial charge in [0.05, 0.1) is 18.5 Å². The fraction of sp³-hybridized carbons (Fsp3) is 0.412. The predicted molar refractivity (Wildman–Crippen MR) is 92.7 cm³/mol. The van der Waals surface area contributed by atoms with Gasteiger partial charge in [0.1, 0.15) is 5.84 Å². The van der Waals surface area contributed by atoms with Gasteiger partial charge in [-0.05, 0) is 42.6 Å². The lowest BCUT2D eigenvalue weighted by atomic mass is 9.80. The first-order valence-electron chi connectivity index (χ1n) is 7.96. The van der Waals surface area contributed by atoms with E-state index >= 15 is 0 Å². The van der Waals surface area contributed by atoms with E-state index in [-0.39, 0.29) is 6.04 Å². The van der Waals surface area contributed by atoms with E-state index in [1.54, 1.807) is 0 Å². The second-order valence-corrected chi connectivity index (χ2v) is 6.43. The molecular weight excluding hydrogens is 292 g/mol. The number of hydrogen-bond donors (Lipinski definition) is 3. The van der Waals surface area contributed by atoms with Gasteiger partial charge in [-0.2, -0.15) is 0 Å². The summed E-state index contributed by atoms with van der Waals surface area (Å²) >= 11 is 5.46. The van der Waals surface area contributed by atoms with Gasteiger partial charge >= 0.3 is 0 Å². The molecule has 4 rings (SSSR count). The Kier molecular flexibility index (Phi) is 3.58. The van der Waals surface area contributed by atoms with Crippen molar-refractivity contribution < 1.29 is 0 Å². The Morgan fingerprint density at radius 3 is 2.82 bits per heavy atom. The van der Waals surface area contributed by atoms with E-state index in [1.807, 2.05) is 0 Å². The van der Waals surface area contributed by atoms with Gasteiger partial charge in [-0.15, -0.1) is 0 Å². The summed E-state index contributed by atoms with van der Waals surface area (Å²) in [5.41, 5.74) is 3.99. The van der Waals surface area contributed by atoms with Crippen molar-refractivity contribution in [2.75, 3.05) is 13.1 Å². The molecule has 1 aromatic carbocycles. The van der Waals surface area contributed by atoms with Crippen LogP contribution in [0, 0.1) is 5.92 Å². The van der Waals surface area contributed by atoms with Crippen LogP contribution in [0.15, 0.2) is 46.6 Å². The smallest absolute Gasteiger partial charge is 0.171 e. The Hall–Kier alpha value is -1.88. The largest absolute Gasteiger partial charge is 0.371 e. The lowest BCUT2D eigenvalue weighted by Crippen LogP contribution is -2.48. The molecule has 0 aromatic heterocycles. The third-order valence-electron chi connectivity index (χ3n) is 4.67. The fourth-order valence-electron chi connectivity index (χ4n) is 3.70. The molecule has 0 amide bonds. The minimum absolute atomic E-state index is 0.190. The van der Waals surface area contributed by atoms with E-state index < -0.39 is 0 Å². The Labute approximate surface area is 136 Å². The first kappa shape index (κ1) is 13.8. The fourth-order valence-corrected chi connectivity index (χ4v) is 3.92. The summed E-state index contributed by atoms with van der Waals surface area (Å²) in [6.07, 6.45) is 3.45. The molecule has 0 unspecified atom stereocenters. The van der Waals surface area contributed by atoms with Crippen LogP contribution in [0.4, 0.5) is 0 Å². The van der Waals surface area contributed by atoms with Crippen molar-refractivity contribution >= 4 is 23.2 Å². The zero-order valence-electron chi connectivity index (χ0n) is 12.4. The van der Waals surface area contributed by atoms with E-state index in [1.165, 1.54) is 23.3 Å². The first-order chi connectivity index (χ1) is 10.8. The molecule has 3 aliphatic rings. The highest BCUT2D eigenvalue weighted by Crippen LogP contribution is 2.38. The summed E-state index contributed by atoms with van der Waals surface area (Å²) in [6, 6.07) is 10.8. The van der Waals surface area contributed by atoms with Crippen molar-refractivity contribution in [3.63, 3.8) is 0 Å². The number of nitrogens with one attached hydrogen (secondary N) is 3. The molecule has 2 heterocycles. The van der Waals surface area contributed by atoms with Crippen LogP contribution in [0.2, 0.25) is 0 Å². The minimum atomic E-state index is 0.190. The molecular formula is C17H20N4S. The normalized spacial score (nSPS) is 27.5. The summed E-state index contributed by atoms with van der Waals surface area (Å²) < 4.78 is 0. The topological polar surface area (TPSA) is 48.5 Å². The van der Waals surface area contributed by atoms with E-state index in [0.717, 1.165) is 36.9 Å². The summed E-state index contributed by atoms with van der Waals surface area (Å²) in [4.78, 5) is 4.64. The highest BCUT2D eigenvalue weighted by molar-refractivity contribution is 7.80. The molecule has 0 saturated carbocycles. The zero-order chi connectivity index (χ0) is 14.9. The molecule has 22 heavy (non-hydrogen) atoms. The first-order valence-corrected chi connectivity index (χ1v) is 8.37. The van der Waals surface area contributed by atoms with Gasteiger partial charge in [-0.3, -0.25) is 4.99 Å². The van der Waals surface area contributed by atoms with Crippen LogP contribution in [-0.4, -0.2) is 24.0 Å². The molecule has 0 fully saturated rings. The summed E-state index contributed by atoms with van der Waals surface area (Å²) in [7, 11) is 0. The number of aliphatic imine (C=N–C) groups is 1. The zero-order valence-corrected chi connectivity index (χ0v) is 13.2. The Morgan fingerprint density at radius 1 is 1.18 bits per heavy atom. The molecule has 1 aliphatic carbocycles. The Morgan fingerprint density at radius 2 is 2.05 bits per heavy atom. The van der Waals surface area contributed by atoms with Crippen molar-refractivity contribution in [2.24, 2.45) is 10.9 Å². The number of thiocarbonyl (C=S) groups is 1. The van der Waals surface area contributed by atoms with Gasteiger partial charge in [0, 0.05) is 12.2 Å². The Balaban J connectivity index is 1.75. The summed E-state index contributed by atoms with van der Waals surface area (Å²) in [5, 5.41) is 11.0. The van der Waals surface area contributed by atoms with Gasteiger partial charge in [0.25, 0.3) is 0 Å². The molecule has 114 valence electrons. The van der Waals surface area contributed by atoms with E-state index in [4.69, 9.17) is 12.2 Å². The average Bonchev–Trinajstić information content (AvgIpc) is 3.08. The molecule has 3 N–H and O–H groups in total. The third kappa shape index (κ3) is 2.39. The quantitative estimate of drug-likeness (QED) is 0.733. The van der Waals surface area contributed by atoms with Crippen LogP contribution in [0.25, 0.3) is 0 Å². The maximum atomic E-state index is 5.46. The molecule has 2 atom stereocenters. The van der Waals surface area contributed by atoms with Gasteiger partial charge < -0.3 is 16.0 Å². The SMILES string of the molecule is S=C1NC2=C(CCC[C@H]2C2=NCCN2)[C@H](c2ccccc2)N1. The molecule has 0 radical (unpaired) electrons. The van der Waals surface area contributed by atoms with E-state index in [0.29, 0.717) is 5.92 Å². The predicted octanol–water partition coefficient (Wildman–Crippen LogP) is 2.26. The van der Waals surface area contributed by atoms with Crippen LogP contribution in [0.3, 0.4) is 0 Å². The molecule has 0 spiro atoms. The summed E-state index contributed by atoms with van der Waals surface area (Å²) in [5.74, 6) is 1.48. The third-order valence-corrected chi connectivity index (χ3v) is 4.89. The van der Waals surface area contributed by atoms with Gasteiger partial charge in [-0.25, -0.2) is 0 Å². The second-order valence-electron chi connectivity index (χ2n) is 6.02. The van der Waals surface area contributed by atoms with Gasteiger partial charge in [0.15, 0.2) is 5.11 Å². The van der Waals surface area contributed by atoms with Crippen LogP contribution in [-0.2, 0) is 0 Å². The average molecular weight is 312 g/mol. The van der Waals surface area contributed by atoms with Crippen molar-refractivity contribution in [1.29, 1.82) is 0 Å². The number of hydrogen-bond acceptors (Lipinski definition) is 3.